The summed E-state index contributed by atoms with van der Waals surface area (Å²) < 4.78 is 1.45. The van der Waals surface area contributed by atoms with Crippen LogP contribution in [0.2, 0.25) is 5.02 Å². The van der Waals surface area contributed by atoms with E-state index in [2.05, 4.69) is 20.3 Å². The van der Waals surface area contributed by atoms with E-state index in [1.807, 2.05) is 13.0 Å². The third-order valence-corrected chi connectivity index (χ3v) is 3.58. The van der Waals surface area contributed by atoms with Crippen LogP contribution in [0.1, 0.15) is 5.56 Å². The van der Waals surface area contributed by atoms with Gasteiger partial charge in [0.05, 0.1) is 4.92 Å². The molecule has 3 rings (SSSR count). The third kappa shape index (κ3) is 2.97. The molecular weight excluding hydrogens is 320 g/mol. The normalized spacial score (nSPS) is 10.5. The molecule has 0 unspecified atom stereocenters. The Morgan fingerprint density at radius 1 is 1.35 bits per heavy atom. The summed E-state index contributed by atoms with van der Waals surface area (Å²) in [5.41, 5.74) is 1.26. The van der Waals surface area contributed by atoms with E-state index < -0.39 is 4.92 Å². The predicted molar refractivity (Wildman–Crippen MR) is 85.3 cm³/mol. The number of imidazole rings is 1. The number of nitrogens with one attached hydrogen (secondary N) is 1. The molecule has 0 aliphatic rings. The Balaban J connectivity index is 2.07. The molecule has 116 valence electrons. The zero-order chi connectivity index (χ0) is 16.4. The van der Waals surface area contributed by atoms with Crippen LogP contribution in [0.4, 0.5) is 17.2 Å². The average Bonchev–Trinajstić information content (AvgIpc) is 3.05. The summed E-state index contributed by atoms with van der Waals surface area (Å²) in [6, 6.07) is 5.26. The maximum absolute atomic E-state index is 11.5. The van der Waals surface area contributed by atoms with E-state index in [1.165, 1.54) is 23.4 Å². The van der Waals surface area contributed by atoms with Gasteiger partial charge in [-0.2, -0.15) is 0 Å². The topological polar surface area (TPSA) is 98.8 Å². The van der Waals surface area contributed by atoms with Crippen molar-refractivity contribution in [1.82, 2.24) is 19.5 Å². The van der Waals surface area contributed by atoms with Gasteiger partial charge in [0.1, 0.15) is 12.7 Å². The quantitative estimate of drug-likeness (QED) is 0.582. The standard InChI is InChI=1S/C14H11ClN6O2/c1-9-2-3-10(6-11(9)15)19-13-12(21(22)23)14(18-7-17-13)20-5-4-16-8-20/h2-8H,1H3,(H,17,18,19). The minimum absolute atomic E-state index is 0.0774. The number of aryl methyl sites for hydroxylation is 1. The molecular formula is C14H11ClN6O2. The van der Waals surface area contributed by atoms with Gasteiger partial charge in [0.15, 0.2) is 0 Å². The van der Waals surface area contributed by atoms with Gasteiger partial charge in [-0.15, -0.1) is 0 Å². The van der Waals surface area contributed by atoms with E-state index in [-0.39, 0.29) is 17.3 Å². The van der Waals surface area contributed by atoms with Crippen molar-refractivity contribution >= 4 is 28.8 Å². The Kier molecular flexibility index (Phi) is 3.90. The van der Waals surface area contributed by atoms with Crippen molar-refractivity contribution in [1.29, 1.82) is 0 Å². The first-order valence-electron chi connectivity index (χ1n) is 6.57. The highest BCUT2D eigenvalue weighted by molar-refractivity contribution is 6.31. The zero-order valence-corrected chi connectivity index (χ0v) is 12.7. The molecule has 2 heterocycles. The summed E-state index contributed by atoms with van der Waals surface area (Å²) in [4.78, 5) is 22.8. The molecule has 1 aromatic carbocycles. The Hall–Kier alpha value is -3.00. The first kappa shape index (κ1) is 14.9. The fourth-order valence-corrected chi connectivity index (χ4v) is 2.19. The minimum atomic E-state index is -0.534. The number of nitrogens with zero attached hydrogens (tertiary/aromatic N) is 5. The van der Waals surface area contributed by atoms with Crippen LogP contribution in [0, 0.1) is 17.0 Å². The van der Waals surface area contributed by atoms with E-state index in [0.29, 0.717) is 10.7 Å². The van der Waals surface area contributed by atoms with E-state index in [1.54, 1.807) is 18.3 Å². The van der Waals surface area contributed by atoms with Gasteiger partial charge < -0.3 is 5.32 Å². The van der Waals surface area contributed by atoms with Gasteiger partial charge in [0.2, 0.25) is 11.6 Å². The third-order valence-electron chi connectivity index (χ3n) is 3.17. The number of hydrogen-bond acceptors (Lipinski definition) is 6. The molecule has 8 nitrogen and oxygen atoms in total. The number of anilines is 2. The summed E-state index contributed by atoms with van der Waals surface area (Å²) in [5.74, 6) is 0.205. The Morgan fingerprint density at radius 2 is 2.17 bits per heavy atom. The van der Waals surface area contributed by atoms with E-state index in [4.69, 9.17) is 11.6 Å². The lowest BCUT2D eigenvalue weighted by atomic mass is 10.2. The first-order chi connectivity index (χ1) is 11.1. The molecule has 0 amide bonds. The van der Waals surface area contributed by atoms with Gasteiger partial charge in [-0.3, -0.25) is 14.7 Å². The van der Waals surface area contributed by atoms with Crippen LogP contribution in [-0.2, 0) is 0 Å². The molecule has 3 aromatic rings. The van der Waals surface area contributed by atoms with Crippen molar-refractivity contribution in [2.75, 3.05) is 5.32 Å². The van der Waals surface area contributed by atoms with E-state index in [9.17, 15) is 10.1 Å². The molecule has 9 heteroatoms. The van der Waals surface area contributed by atoms with Crippen molar-refractivity contribution < 1.29 is 4.92 Å². The predicted octanol–water partition coefficient (Wildman–Crippen LogP) is 3.28. The van der Waals surface area contributed by atoms with Crippen LogP contribution in [0.15, 0.2) is 43.2 Å². The molecule has 0 bridgehead atoms. The molecule has 23 heavy (non-hydrogen) atoms. The van der Waals surface area contributed by atoms with Crippen LogP contribution >= 0.6 is 11.6 Å². The van der Waals surface area contributed by atoms with Crippen LogP contribution in [0.3, 0.4) is 0 Å². The lowest BCUT2D eigenvalue weighted by Gasteiger charge is -2.09. The van der Waals surface area contributed by atoms with Crippen molar-refractivity contribution in [2.45, 2.75) is 6.92 Å². The molecule has 0 aliphatic carbocycles. The number of hydrogen-bond donors (Lipinski definition) is 1. The summed E-state index contributed by atoms with van der Waals surface area (Å²) in [6.07, 6.45) is 5.77. The molecule has 2 aromatic heterocycles. The smallest absolute Gasteiger partial charge is 0.334 e. The molecule has 0 aliphatic heterocycles. The summed E-state index contributed by atoms with van der Waals surface area (Å²) in [7, 11) is 0. The highest BCUT2D eigenvalue weighted by atomic mass is 35.5. The molecule has 0 saturated carbocycles. The van der Waals surface area contributed by atoms with Crippen LogP contribution in [-0.4, -0.2) is 24.4 Å². The second kappa shape index (κ2) is 6.01. The van der Waals surface area contributed by atoms with Crippen molar-refractivity contribution in [2.24, 2.45) is 0 Å². The van der Waals surface area contributed by atoms with Crippen LogP contribution < -0.4 is 5.32 Å². The second-order valence-corrected chi connectivity index (χ2v) is 5.12. The Bertz CT molecular complexity index is 866. The maximum Gasteiger partial charge on any atom is 0.354 e. The van der Waals surface area contributed by atoms with Crippen LogP contribution in [0.25, 0.3) is 5.82 Å². The summed E-state index contributed by atoms with van der Waals surface area (Å²) in [6.45, 7) is 1.87. The summed E-state index contributed by atoms with van der Waals surface area (Å²) in [5, 5.41) is 14.9. The van der Waals surface area contributed by atoms with Gasteiger partial charge in [0.25, 0.3) is 0 Å². The molecule has 0 saturated heterocycles. The van der Waals surface area contributed by atoms with Crippen molar-refractivity contribution in [3.63, 3.8) is 0 Å². The zero-order valence-electron chi connectivity index (χ0n) is 12.0. The number of rotatable bonds is 4. The highest BCUT2D eigenvalue weighted by Gasteiger charge is 2.24. The molecule has 0 radical (unpaired) electrons. The van der Waals surface area contributed by atoms with Gasteiger partial charge in [-0.1, -0.05) is 17.7 Å². The minimum Gasteiger partial charge on any atom is -0.334 e. The monoisotopic (exact) mass is 330 g/mol. The first-order valence-corrected chi connectivity index (χ1v) is 6.95. The highest BCUT2D eigenvalue weighted by Crippen LogP contribution is 2.31. The number of benzene rings is 1. The van der Waals surface area contributed by atoms with E-state index in [0.717, 1.165) is 5.56 Å². The Morgan fingerprint density at radius 3 is 2.83 bits per heavy atom. The second-order valence-electron chi connectivity index (χ2n) is 4.71. The lowest BCUT2D eigenvalue weighted by molar-refractivity contribution is -0.384. The number of halogens is 1. The molecule has 1 N–H and O–H groups in total. The Labute approximate surface area is 135 Å². The van der Waals surface area contributed by atoms with Gasteiger partial charge in [-0.05, 0) is 24.6 Å². The lowest BCUT2D eigenvalue weighted by Crippen LogP contribution is -2.06. The van der Waals surface area contributed by atoms with E-state index >= 15 is 0 Å². The van der Waals surface area contributed by atoms with Gasteiger partial charge in [0, 0.05) is 23.1 Å². The van der Waals surface area contributed by atoms with Crippen molar-refractivity contribution in [3.8, 4) is 5.82 Å². The average molecular weight is 331 g/mol. The molecule has 0 fully saturated rings. The molecule has 0 atom stereocenters. The van der Waals surface area contributed by atoms with Crippen molar-refractivity contribution in [3.05, 3.63) is 63.9 Å². The molecule has 0 spiro atoms. The fraction of sp³-hybridized carbons (Fsp3) is 0.0714. The number of nitro groups is 1. The fourth-order valence-electron chi connectivity index (χ4n) is 2.01. The maximum atomic E-state index is 11.5. The summed E-state index contributed by atoms with van der Waals surface area (Å²) >= 11 is 6.08. The van der Waals surface area contributed by atoms with Crippen LogP contribution in [0.5, 0.6) is 0 Å². The van der Waals surface area contributed by atoms with Gasteiger partial charge >= 0.3 is 5.69 Å². The largest absolute Gasteiger partial charge is 0.354 e. The SMILES string of the molecule is Cc1ccc(Nc2ncnc(-n3ccnc3)c2[N+](=O)[O-])cc1Cl. The number of aromatic nitrogens is 4. The van der Waals surface area contributed by atoms with Gasteiger partial charge in [-0.25, -0.2) is 15.0 Å².